The van der Waals surface area contributed by atoms with E-state index in [9.17, 15) is 9.50 Å². The van der Waals surface area contributed by atoms with Gasteiger partial charge in [0, 0.05) is 25.7 Å². The molecule has 0 aromatic heterocycles. The van der Waals surface area contributed by atoms with Gasteiger partial charge >= 0.3 is 0 Å². The van der Waals surface area contributed by atoms with Crippen LogP contribution in [0.2, 0.25) is 0 Å². The minimum absolute atomic E-state index is 0.127. The zero-order valence-electron chi connectivity index (χ0n) is 14.5. The molecule has 2 aliphatic rings. The molecule has 1 fully saturated rings. The van der Waals surface area contributed by atoms with Crippen LogP contribution >= 0.6 is 0 Å². The highest BCUT2D eigenvalue weighted by Gasteiger charge is 2.26. The standard InChI is InChI=1S/C19H29FN2O2/c1-24-13-17(23)12-22-9-7-16(8-10-22)21-19-4-2-3-14-11-15(20)5-6-18(14)19/h5-6,11,16-17,19,21,23H,2-4,7-10,12-13H2,1H3. The number of halogens is 1. The predicted octanol–water partition coefficient (Wildman–Crippen LogP) is 2.26. The minimum Gasteiger partial charge on any atom is -0.389 e. The fraction of sp³-hybridized carbons (Fsp3) is 0.684. The molecule has 5 heteroatoms. The van der Waals surface area contributed by atoms with Gasteiger partial charge in [-0.25, -0.2) is 4.39 Å². The maximum absolute atomic E-state index is 13.4. The van der Waals surface area contributed by atoms with Crippen molar-refractivity contribution in [3.05, 3.63) is 35.1 Å². The number of hydrogen-bond acceptors (Lipinski definition) is 4. The smallest absolute Gasteiger partial charge is 0.123 e. The van der Waals surface area contributed by atoms with E-state index in [1.807, 2.05) is 6.07 Å². The van der Waals surface area contributed by atoms with Crippen molar-refractivity contribution in [1.29, 1.82) is 0 Å². The Morgan fingerprint density at radius 2 is 2.12 bits per heavy atom. The van der Waals surface area contributed by atoms with Crippen molar-refractivity contribution in [2.24, 2.45) is 0 Å². The number of ether oxygens (including phenoxy) is 1. The van der Waals surface area contributed by atoms with Crippen molar-refractivity contribution in [2.75, 3.05) is 33.4 Å². The van der Waals surface area contributed by atoms with Gasteiger partial charge in [-0.05, 0) is 68.5 Å². The first-order chi connectivity index (χ1) is 11.7. The van der Waals surface area contributed by atoms with Crippen molar-refractivity contribution in [3.8, 4) is 0 Å². The Morgan fingerprint density at radius 1 is 1.33 bits per heavy atom. The molecule has 0 radical (unpaired) electrons. The van der Waals surface area contributed by atoms with Crippen LogP contribution < -0.4 is 5.32 Å². The molecule has 0 spiro atoms. The Morgan fingerprint density at radius 3 is 2.88 bits per heavy atom. The number of methoxy groups -OCH3 is 1. The summed E-state index contributed by atoms with van der Waals surface area (Å²) in [7, 11) is 1.62. The number of rotatable bonds is 6. The Hall–Kier alpha value is -1.01. The summed E-state index contributed by atoms with van der Waals surface area (Å²) in [6, 6.07) is 6.09. The number of nitrogens with one attached hydrogen (secondary N) is 1. The minimum atomic E-state index is -0.403. The molecule has 2 N–H and O–H groups in total. The molecule has 2 unspecified atom stereocenters. The third-order valence-electron chi connectivity index (χ3n) is 5.27. The first-order valence-corrected chi connectivity index (χ1v) is 9.09. The van der Waals surface area contributed by atoms with Crippen molar-refractivity contribution >= 4 is 0 Å². The highest BCUT2D eigenvalue weighted by atomic mass is 19.1. The third-order valence-corrected chi connectivity index (χ3v) is 5.27. The second kappa shape index (κ2) is 8.39. The van der Waals surface area contributed by atoms with Crippen LogP contribution in [0.1, 0.15) is 42.9 Å². The van der Waals surface area contributed by atoms with E-state index in [0.29, 0.717) is 25.2 Å². The lowest BCUT2D eigenvalue weighted by atomic mass is 9.86. The normalized spacial score (nSPS) is 23.9. The molecule has 1 aliphatic heterocycles. The summed E-state index contributed by atoms with van der Waals surface area (Å²) in [6.45, 7) is 3.09. The van der Waals surface area contributed by atoms with E-state index in [4.69, 9.17) is 4.74 Å². The lowest BCUT2D eigenvalue weighted by Crippen LogP contribution is -2.46. The van der Waals surface area contributed by atoms with Crippen LogP contribution in [0, 0.1) is 5.82 Å². The van der Waals surface area contributed by atoms with E-state index in [-0.39, 0.29) is 5.82 Å². The van der Waals surface area contributed by atoms with Crippen LogP contribution in [-0.2, 0) is 11.2 Å². The van der Waals surface area contributed by atoms with Crippen molar-refractivity contribution < 1.29 is 14.2 Å². The number of aliphatic hydroxyl groups is 1. The number of piperidine rings is 1. The molecule has 0 saturated carbocycles. The highest BCUT2D eigenvalue weighted by molar-refractivity contribution is 5.33. The van der Waals surface area contributed by atoms with Crippen LogP contribution in [0.25, 0.3) is 0 Å². The first kappa shape index (κ1) is 17.8. The highest BCUT2D eigenvalue weighted by Crippen LogP contribution is 2.31. The number of aliphatic hydroxyl groups excluding tert-OH is 1. The van der Waals surface area contributed by atoms with Gasteiger partial charge in [-0.3, -0.25) is 0 Å². The Balaban J connectivity index is 1.50. The topological polar surface area (TPSA) is 44.7 Å². The number of benzene rings is 1. The number of aryl methyl sites for hydroxylation is 1. The van der Waals surface area contributed by atoms with E-state index in [0.717, 1.165) is 45.2 Å². The third kappa shape index (κ3) is 4.54. The summed E-state index contributed by atoms with van der Waals surface area (Å²) >= 11 is 0. The fourth-order valence-electron chi connectivity index (χ4n) is 4.07. The monoisotopic (exact) mass is 336 g/mol. The van der Waals surface area contributed by atoms with Gasteiger partial charge in [0.15, 0.2) is 0 Å². The molecule has 4 nitrogen and oxygen atoms in total. The quantitative estimate of drug-likeness (QED) is 0.836. The average molecular weight is 336 g/mol. The molecule has 24 heavy (non-hydrogen) atoms. The first-order valence-electron chi connectivity index (χ1n) is 9.09. The molecule has 1 aliphatic carbocycles. The maximum atomic E-state index is 13.4. The number of β-amino-alcohol motifs (C(OH)–C–C–N with tert-alkyl or cyclic N) is 1. The lowest BCUT2D eigenvalue weighted by molar-refractivity contribution is 0.0306. The van der Waals surface area contributed by atoms with Gasteiger partial charge in [0.2, 0.25) is 0 Å². The average Bonchev–Trinajstić information content (AvgIpc) is 2.57. The van der Waals surface area contributed by atoms with Crippen LogP contribution in [0.5, 0.6) is 0 Å². The van der Waals surface area contributed by atoms with Gasteiger partial charge in [0.1, 0.15) is 5.82 Å². The van der Waals surface area contributed by atoms with Gasteiger partial charge < -0.3 is 20.1 Å². The molecule has 3 rings (SSSR count). The summed E-state index contributed by atoms with van der Waals surface area (Å²) in [6.07, 6.45) is 5.02. The van der Waals surface area contributed by atoms with Crippen LogP contribution in [0.15, 0.2) is 18.2 Å². The number of nitrogens with zero attached hydrogens (tertiary/aromatic N) is 1. The van der Waals surface area contributed by atoms with Crippen LogP contribution in [0.4, 0.5) is 4.39 Å². The second-order valence-corrected chi connectivity index (χ2v) is 7.14. The van der Waals surface area contributed by atoms with Crippen LogP contribution in [0.3, 0.4) is 0 Å². The number of likely N-dealkylation sites (tertiary alicyclic amines) is 1. The molecular weight excluding hydrogens is 307 g/mol. The van der Waals surface area contributed by atoms with Gasteiger partial charge in [0.05, 0.1) is 12.7 Å². The summed E-state index contributed by atoms with van der Waals surface area (Å²) < 4.78 is 18.4. The van der Waals surface area contributed by atoms with Crippen molar-refractivity contribution in [2.45, 2.75) is 50.3 Å². The Bertz CT molecular complexity index is 532. The molecule has 0 amide bonds. The SMILES string of the molecule is COCC(O)CN1CCC(NC2CCCc3cc(F)ccc32)CC1. The number of fused-ring (bicyclic) bond motifs is 1. The molecule has 0 bridgehead atoms. The van der Waals surface area contributed by atoms with E-state index >= 15 is 0 Å². The summed E-state index contributed by atoms with van der Waals surface area (Å²) in [5, 5.41) is 13.6. The lowest BCUT2D eigenvalue weighted by Gasteiger charge is -2.36. The van der Waals surface area contributed by atoms with Gasteiger partial charge in [0.25, 0.3) is 0 Å². The molecule has 1 saturated heterocycles. The van der Waals surface area contributed by atoms with Crippen molar-refractivity contribution in [1.82, 2.24) is 10.2 Å². The van der Waals surface area contributed by atoms with Gasteiger partial charge in [-0.2, -0.15) is 0 Å². The molecule has 2 atom stereocenters. The van der Waals surface area contributed by atoms with Gasteiger partial charge in [-0.1, -0.05) is 6.07 Å². The van der Waals surface area contributed by atoms with Crippen LogP contribution in [-0.4, -0.2) is 55.5 Å². The summed E-state index contributed by atoms with van der Waals surface area (Å²) in [4.78, 5) is 2.31. The van der Waals surface area contributed by atoms with E-state index < -0.39 is 6.10 Å². The molecule has 1 aromatic carbocycles. The number of hydrogen-bond donors (Lipinski definition) is 2. The second-order valence-electron chi connectivity index (χ2n) is 7.14. The molecule has 134 valence electrons. The van der Waals surface area contributed by atoms with E-state index in [1.54, 1.807) is 19.2 Å². The maximum Gasteiger partial charge on any atom is 0.123 e. The summed E-state index contributed by atoms with van der Waals surface area (Å²) in [5.74, 6) is -0.127. The summed E-state index contributed by atoms with van der Waals surface area (Å²) in [5.41, 5.74) is 2.44. The Labute approximate surface area is 144 Å². The molecular formula is C19H29FN2O2. The molecule has 1 heterocycles. The van der Waals surface area contributed by atoms with E-state index in [2.05, 4.69) is 10.2 Å². The zero-order chi connectivity index (χ0) is 16.9. The van der Waals surface area contributed by atoms with E-state index in [1.165, 1.54) is 11.1 Å². The predicted molar refractivity (Wildman–Crippen MR) is 92.6 cm³/mol. The fourth-order valence-corrected chi connectivity index (χ4v) is 4.07. The largest absolute Gasteiger partial charge is 0.389 e. The Kier molecular flexibility index (Phi) is 6.22. The van der Waals surface area contributed by atoms with Gasteiger partial charge in [-0.15, -0.1) is 0 Å². The molecule has 1 aromatic rings. The van der Waals surface area contributed by atoms with Crippen molar-refractivity contribution in [3.63, 3.8) is 0 Å². The zero-order valence-corrected chi connectivity index (χ0v) is 14.5.